The van der Waals surface area contributed by atoms with E-state index in [1.165, 1.54) is 0 Å². The normalized spacial score (nSPS) is 11.8. The lowest BCUT2D eigenvalue weighted by atomic mass is 10.4. The van der Waals surface area contributed by atoms with Gasteiger partial charge in [-0.25, -0.2) is 0 Å². The Kier molecular flexibility index (Phi) is 3.26. The molecule has 3 nitrogen and oxygen atoms in total. The molecule has 0 saturated heterocycles. The van der Waals surface area contributed by atoms with Gasteiger partial charge < -0.3 is 0 Å². The summed E-state index contributed by atoms with van der Waals surface area (Å²) in [5, 5.41) is 8.23. The van der Waals surface area contributed by atoms with Gasteiger partial charge in [-0.3, -0.25) is 0 Å². The number of allylic oxidation sites excluding steroid dienone is 3. The fourth-order valence-electron chi connectivity index (χ4n) is 0.805. The van der Waals surface area contributed by atoms with Crippen molar-refractivity contribution in [3.63, 3.8) is 0 Å². The van der Waals surface area contributed by atoms with Crippen LogP contribution >= 0.6 is 0 Å². The second-order valence-electron chi connectivity index (χ2n) is 2.34. The van der Waals surface area contributed by atoms with Crippen LogP contribution in [0, 0.1) is 0 Å². The highest BCUT2D eigenvalue weighted by Gasteiger charge is 1.91. The number of hydrogen-bond acceptors (Lipinski definition) is 2. The van der Waals surface area contributed by atoms with E-state index >= 15 is 0 Å². The van der Waals surface area contributed by atoms with E-state index in [2.05, 4.69) is 10.2 Å². The summed E-state index contributed by atoms with van der Waals surface area (Å²) in [6.45, 7) is 4.81. The summed E-state index contributed by atoms with van der Waals surface area (Å²) in [4.78, 5) is 1.66. The number of nitrogens with zero attached hydrogens (tertiary/aromatic N) is 3. The molecule has 0 bridgehead atoms. The zero-order valence-electron chi connectivity index (χ0n) is 7.44. The Morgan fingerprint density at radius 3 is 2.92 bits per heavy atom. The van der Waals surface area contributed by atoms with Crippen molar-refractivity contribution < 1.29 is 0 Å². The van der Waals surface area contributed by atoms with Crippen molar-refractivity contribution >= 4 is 6.08 Å². The van der Waals surface area contributed by atoms with Crippen LogP contribution < -0.4 is 0 Å². The lowest BCUT2D eigenvalue weighted by Crippen LogP contribution is -1.97. The van der Waals surface area contributed by atoms with E-state index in [1.807, 2.05) is 38.2 Å². The topological polar surface area (TPSA) is 30.7 Å². The predicted molar refractivity (Wildman–Crippen MR) is 49.5 cm³/mol. The molecule has 0 aliphatic heterocycles. The summed E-state index contributed by atoms with van der Waals surface area (Å²) >= 11 is 0. The van der Waals surface area contributed by atoms with E-state index in [-0.39, 0.29) is 0 Å². The molecule has 1 rings (SSSR count). The summed E-state index contributed by atoms with van der Waals surface area (Å²) in [5.41, 5.74) is 0.898. The molecule has 1 aromatic rings. The molecule has 0 unspecified atom stereocenters. The SMILES string of the molecule is C/C=C\C=C/c1cnn(CC)n1. The zero-order valence-corrected chi connectivity index (χ0v) is 7.44. The molecule has 0 amide bonds. The van der Waals surface area contributed by atoms with E-state index in [1.54, 1.807) is 11.0 Å². The number of aromatic nitrogens is 3. The smallest absolute Gasteiger partial charge is 0.105 e. The van der Waals surface area contributed by atoms with Gasteiger partial charge in [0.1, 0.15) is 5.69 Å². The van der Waals surface area contributed by atoms with Crippen LogP contribution in [0.3, 0.4) is 0 Å². The Labute approximate surface area is 72.4 Å². The first kappa shape index (κ1) is 8.71. The molecule has 0 aromatic carbocycles. The van der Waals surface area contributed by atoms with Crippen LogP contribution in [0.1, 0.15) is 19.5 Å². The average molecular weight is 163 g/mol. The quantitative estimate of drug-likeness (QED) is 0.637. The van der Waals surface area contributed by atoms with Gasteiger partial charge in [-0.2, -0.15) is 15.0 Å². The molecular formula is C9H13N3. The molecule has 0 saturated carbocycles. The molecule has 1 heterocycles. The van der Waals surface area contributed by atoms with E-state index in [9.17, 15) is 0 Å². The third-order valence-electron chi connectivity index (χ3n) is 1.41. The van der Waals surface area contributed by atoms with E-state index in [4.69, 9.17) is 0 Å². The first-order valence-electron chi connectivity index (χ1n) is 4.06. The Hall–Kier alpha value is -1.38. The van der Waals surface area contributed by atoms with Crippen LogP contribution in [-0.2, 0) is 6.54 Å². The predicted octanol–water partition coefficient (Wildman–Crippen LogP) is 1.89. The molecule has 12 heavy (non-hydrogen) atoms. The van der Waals surface area contributed by atoms with Crippen molar-refractivity contribution in [3.8, 4) is 0 Å². The van der Waals surface area contributed by atoms with Gasteiger partial charge >= 0.3 is 0 Å². The van der Waals surface area contributed by atoms with Gasteiger partial charge in [0.2, 0.25) is 0 Å². The molecule has 64 valence electrons. The van der Waals surface area contributed by atoms with Gasteiger partial charge in [0.25, 0.3) is 0 Å². The fourth-order valence-corrected chi connectivity index (χ4v) is 0.805. The summed E-state index contributed by atoms with van der Waals surface area (Å²) < 4.78 is 0. The van der Waals surface area contributed by atoms with Crippen LogP contribution in [0.4, 0.5) is 0 Å². The second kappa shape index (κ2) is 4.49. The largest absolute Gasteiger partial charge is 0.185 e. The second-order valence-corrected chi connectivity index (χ2v) is 2.34. The summed E-state index contributed by atoms with van der Waals surface area (Å²) in [6, 6.07) is 0. The lowest BCUT2D eigenvalue weighted by molar-refractivity contribution is 0.568. The molecule has 0 aliphatic carbocycles. The first-order valence-corrected chi connectivity index (χ1v) is 4.06. The lowest BCUT2D eigenvalue weighted by Gasteiger charge is -1.87. The van der Waals surface area contributed by atoms with Gasteiger partial charge in [-0.15, -0.1) is 0 Å². The van der Waals surface area contributed by atoms with Crippen molar-refractivity contribution in [2.24, 2.45) is 0 Å². The van der Waals surface area contributed by atoms with Crippen molar-refractivity contribution in [1.82, 2.24) is 15.0 Å². The highest BCUT2D eigenvalue weighted by molar-refractivity contribution is 5.44. The molecule has 0 atom stereocenters. The minimum Gasteiger partial charge on any atom is -0.185 e. The molecular weight excluding hydrogens is 150 g/mol. The Bertz CT molecular complexity index is 284. The van der Waals surface area contributed by atoms with Crippen LogP contribution in [0.25, 0.3) is 6.08 Å². The highest BCUT2D eigenvalue weighted by Crippen LogP contribution is 1.95. The number of rotatable bonds is 3. The van der Waals surface area contributed by atoms with Crippen LogP contribution in [-0.4, -0.2) is 15.0 Å². The molecule has 0 aliphatic rings. The van der Waals surface area contributed by atoms with Crippen molar-refractivity contribution in [2.45, 2.75) is 20.4 Å². The van der Waals surface area contributed by atoms with Gasteiger partial charge in [-0.1, -0.05) is 18.2 Å². The van der Waals surface area contributed by atoms with Crippen LogP contribution in [0.15, 0.2) is 24.4 Å². The highest BCUT2D eigenvalue weighted by atomic mass is 15.5. The summed E-state index contributed by atoms with van der Waals surface area (Å²) in [6.07, 6.45) is 9.57. The molecule has 1 aromatic heterocycles. The Balaban J connectivity index is 2.63. The molecule has 0 fully saturated rings. The third-order valence-corrected chi connectivity index (χ3v) is 1.41. The Morgan fingerprint density at radius 2 is 2.33 bits per heavy atom. The maximum atomic E-state index is 4.19. The third kappa shape index (κ3) is 2.34. The standard InChI is InChI=1S/C9H13N3/c1-3-5-6-7-9-8-10-12(4-2)11-9/h3,5-8H,4H2,1-2H3/b5-3-,7-6-. The Morgan fingerprint density at radius 1 is 1.50 bits per heavy atom. The average Bonchev–Trinajstić information content (AvgIpc) is 2.53. The molecule has 3 heteroatoms. The van der Waals surface area contributed by atoms with Crippen LogP contribution in [0.2, 0.25) is 0 Å². The van der Waals surface area contributed by atoms with Gasteiger partial charge in [0.15, 0.2) is 0 Å². The minimum atomic E-state index is 0.817. The maximum absolute atomic E-state index is 4.19. The number of aryl methyl sites for hydroxylation is 1. The van der Waals surface area contributed by atoms with Crippen LogP contribution in [0.5, 0.6) is 0 Å². The minimum absolute atomic E-state index is 0.817. The fraction of sp³-hybridized carbons (Fsp3) is 0.333. The van der Waals surface area contributed by atoms with Gasteiger partial charge in [-0.05, 0) is 19.9 Å². The summed E-state index contributed by atoms with van der Waals surface area (Å²) in [7, 11) is 0. The molecule has 0 radical (unpaired) electrons. The van der Waals surface area contributed by atoms with Crippen molar-refractivity contribution in [2.75, 3.05) is 0 Å². The number of hydrogen-bond donors (Lipinski definition) is 0. The van der Waals surface area contributed by atoms with E-state index < -0.39 is 0 Å². The molecule has 0 N–H and O–H groups in total. The van der Waals surface area contributed by atoms with Gasteiger partial charge in [0, 0.05) is 0 Å². The summed E-state index contributed by atoms with van der Waals surface area (Å²) in [5.74, 6) is 0. The van der Waals surface area contributed by atoms with E-state index in [0.29, 0.717) is 0 Å². The van der Waals surface area contributed by atoms with Gasteiger partial charge in [0.05, 0.1) is 12.7 Å². The van der Waals surface area contributed by atoms with Crippen molar-refractivity contribution in [3.05, 3.63) is 30.1 Å². The zero-order chi connectivity index (χ0) is 8.81. The first-order chi connectivity index (χ1) is 5.86. The van der Waals surface area contributed by atoms with E-state index in [0.717, 1.165) is 12.2 Å². The maximum Gasteiger partial charge on any atom is 0.105 e. The molecule has 0 spiro atoms. The van der Waals surface area contributed by atoms with Crippen molar-refractivity contribution in [1.29, 1.82) is 0 Å². The monoisotopic (exact) mass is 163 g/mol.